The second kappa shape index (κ2) is 11.8. The molecular formula is C28H24N6O5. The first-order chi connectivity index (χ1) is 19.1. The fourth-order valence-corrected chi connectivity index (χ4v) is 3.93. The summed E-state index contributed by atoms with van der Waals surface area (Å²) in [4.78, 5) is 37.8. The molecule has 11 nitrogen and oxygen atoms in total. The normalized spacial score (nSPS) is 10.8. The number of tetrazole rings is 1. The Kier molecular flexibility index (Phi) is 7.68. The number of hydrogen-bond donors (Lipinski definition) is 3. The summed E-state index contributed by atoms with van der Waals surface area (Å²) in [7, 11) is 0. The molecule has 196 valence electrons. The standard InChI is InChI=1S/C28H24N6O5/c35-23-17-24(39-25-21(23)10-6-11-22(25)29-28(37)26-31-33-34-32-26)30-27(36)19-12-14-20(15-13-19)38-16-5-4-9-18-7-2-1-3-8-18/h1-3,6-8,10-15,17H,4-5,9,16H2,(H,29,37)(H,30,36)(H,31,32,33,34). The summed E-state index contributed by atoms with van der Waals surface area (Å²) in [6.07, 6.45) is 2.93. The Morgan fingerprint density at radius 3 is 2.49 bits per heavy atom. The van der Waals surface area contributed by atoms with Crippen LogP contribution >= 0.6 is 0 Å². The van der Waals surface area contributed by atoms with Crippen molar-refractivity contribution in [1.29, 1.82) is 0 Å². The van der Waals surface area contributed by atoms with Gasteiger partial charge in [0.2, 0.25) is 5.88 Å². The maximum atomic E-state index is 12.8. The number of fused-ring (bicyclic) bond motifs is 1. The maximum absolute atomic E-state index is 12.8. The van der Waals surface area contributed by atoms with Crippen LogP contribution in [-0.2, 0) is 6.42 Å². The van der Waals surface area contributed by atoms with E-state index in [4.69, 9.17) is 9.15 Å². The van der Waals surface area contributed by atoms with E-state index >= 15 is 0 Å². The number of unbranched alkanes of at least 4 members (excludes halogenated alkanes) is 1. The number of hydrogen-bond acceptors (Lipinski definition) is 8. The summed E-state index contributed by atoms with van der Waals surface area (Å²) in [6.45, 7) is 0.576. The van der Waals surface area contributed by atoms with Gasteiger partial charge in [-0.1, -0.05) is 36.4 Å². The van der Waals surface area contributed by atoms with E-state index < -0.39 is 17.2 Å². The number of H-pyrrole nitrogens is 1. The number of anilines is 2. The van der Waals surface area contributed by atoms with E-state index in [-0.39, 0.29) is 28.4 Å². The van der Waals surface area contributed by atoms with E-state index in [1.807, 2.05) is 18.2 Å². The van der Waals surface area contributed by atoms with Crippen molar-refractivity contribution in [3.63, 3.8) is 0 Å². The number of aromatic nitrogens is 4. The van der Waals surface area contributed by atoms with Gasteiger partial charge in [0.1, 0.15) is 5.75 Å². The van der Waals surface area contributed by atoms with Crippen molar-refractivity contribution in [3.8, 4) is 5.75 Å². The third-order valence-corrected chi connectivity index (χ3v) is 5.88. The van der Waals surface area contributed by atoms with Crippen LogP contribution in [0.4, 0.5) is 11.6 Å². The van der Waals surface area contributed by atoms with E-state index in [2.05, 4.69) is 43.4 Å². The highest BCUT2D eigenvalue weighted by Crippen LogP contribution is 2.25. The summed E-state index contributed by atoms with van der Waals surface area (Å²) in [5.74, 6) is -0.714. The lowest BCUT2D eigenvalue weighted by atomic mass is 10.1. The van der Waals surface area contributed by atoms with Crippen LogP contribution in [0.5, 0.6) is 5.75 Å². The molecule has 0 spiro atoms. The molecule has 0 atom stereocenters. The van der Waals surface area contributed by atoms with Crippen LogP contribution in [0, 0.1) is 0 Å². The molecule has 5 rings (SSSR count). The molecule has 0 fully saturated rings. The predicted molar refractivity (Wildman–Crippen MR) is 144 cm³/mol. The minimum Gasteiger partial charge on any atom is -0.494 e. The molecule has 0 radical (unpaired) electrons. The van der Waals surface area contributed by atoms with Gasteiger partial charge in [0.25, 0.3) is 17.6 Å². The fourth-order valence-electron chi connectivity index (χ4n) is 3.93. The topological polar surface area (TPSA) is 152 Å². The number of amides is 2. The molecule has 3 N–H and O–H groups in total. The third-order valence-electron chi connectivity index (χ3n) is 5.88. The highest BCUT2D eigenvalue weighted by atomic mass is 16.5. The lowest BCUT2D eigenvalue weighted by Gasteiger charge is -2.10. The van der Waals surface area contributed by atoms with Crippen LogP contribution in [0.3, 0.4) is 0 Å². The molecule has 11 heteroatoms. The van der Waals surface area contributed by atoms with Crippen molar-refractivity contribution < 1.29 is 18.7 Å². The quantitative estimate of drug-likeness (QED) is 0.230. The van der Waals surface area contributed by atoms with Gasteiger partial charge in [0.15, 0.2) is 11.0 Å². The molecule has 0 aliphatic heterocycles. The predicted octanol–water partition coefficient (Wildman–Crippen LogP) is 4.21. The molecule has 5 aromatic rings. The summed E-state index contributed by atoms with van der Waals surface area (Å²) in [5.41, 5.74) is 1.57. The van der Waals surface area contributed by atoms with Gasteiger partial charge in [-0.2, -0.15) is 5.21 Å². The number of carbonyl (C=O) groups is 2. The first kappa shape index (κ1) is 25.3. The maximum Gasteiger partial charge on any atom is 0.297 e. The average molecular weight is 525 g/mol. The van der Waals surface area contributed by atoms with Gasteiger partial charge in [-0.25, -0.2) is 0 Å². The zero-order valence-corrected chi connectivity index (χ0v) is 20.7. The van der Waals surface area contributed by atoms with Crippen molar-refractivity contribution in [2.24, 2.45) is 0 Å². The zero-order chi connectivity index (χ0) is 27.0. The lowest BCUT2D eigenvalue weighted by Crippen LogP contribution is -2.16. The number of aryl methyl sites for hydroxylation is 1. The summed E-state index contributed by atoms with van der Waals surface area (Å²) in [5, 5.41) is 18.2. The monoisotopic (exact) mass is 524 g/mol. The van der Waals surface area contributed by atoms with E-state index in [1.54, 1.807) is 42.5 Å². The number of ether oxygens (including phenoxy) is 1. The summed E-state index contributed by atoms with van der Waals surface area (Å²) in [6, 6.07) is 22.9. The average Bonchev–Trinajstić information content (AvgIpc) is 3.50. The van der Waals surface area contributed by atoms with Crippen molar-refractivity contribution in [1.82, 2.24) is 20.6 Å². The second-order valence-corrected chi connectivity index (χ2v) is 8.62. The van der Waals surface area contributed by atoms with Crippen molar-refractivity contribution >= 4 is 34.4 Å². The Morgan fingerprint density at radius 1 is 0.897 bits per heavy atom. The van der Waals surface area contributed by atoms with E-state index in [0.29, 0.717) is 17.9 Å². The molecule has 0 saturated heterocycles. The van der Waals surface area contributed by atoms with Crippen LogP contribution < -0.4 is 20.8 Å². The molecule has 3 aromatic carbocycles. The second-order valence-electron chi connectivity index (χ2n) is 8.62. The first-order valence-electron chi connectivity index (χ1n) is 12.3. The Bertz CT molecular complexity index is 1630. The van der Waals surface area contributed by atoms with Crippen molar-refractivity contribution in [3.05, 3.63) is 106 Å². The van der Waals surface area contributed by atoms with Gasteiger partial charge in [-0.05, 0) is 66.4 Å². The Labute approximate surface area is 222 Å². The highest BCUT2D eigenvalue weighted by Gasteiger charge is 2.16. The zero-order valence-electron chi connectivity index (χ0n) is 20.7. The smallest absolute Gasteiger partial charge is 0.297 e. The molecule has 0 saturated carbocycles. The highest BCUT2D eigenvalue weighted by molar-refractivity contribution is 6.06. The Balaban J connectivity index is 1.20. The van der Waals surface area contributed by atoms with Gasteiger partial charge >= 0.3 is 0 Å². The summed E-state index contributed by atoms with van der Waals surface area (Å²) >= 11 is 0. The molecular weight excluding hydrogens is 500 g/mol. The number of para-hydroxylation sites is 1. The number of nitrogens with one attached hydrogen (secondary N) is 3. The Hall–Kier alpha value is -5.32. The number of nitrogens with zero attached hydrogens (tertiary/aromatic N) is 3. The number of carbonyl (C=O) groups excluding carboxylic acids is 2. The number of benzene rings is 3. The molecule has 0 aliphatic rings. The molecule has 0 unspecified atom stereocenters. The van der Waals surface area contributed by atoms with Crippen LogP contribution in [0.15, 0.2) is 88.1 Å². The molecule has 2 aromatic heterocycles. The third kappa shape index (κ3) is 6.34. The van der Waals surface area contributed by atoms with Crippen LogP contribution in [0.1, 0.15) is 39.4 Å². The molecule has 2 heterocycles. The minimum atomic E-state index is -0.646. The van der Waals surface area contributed by atoms with Gasteiger partial charge in [0.05, 0.1) is 17.7 Å². The molecule has 0 bridgehead atoms. The van der Waals surface area contributed by atoms with Gasteiger partial charge in [-0.15, -0.1) is 10.2 Å². The minimum absolute atomic E-state index is 0.0718. The largest absolute Gasteiger partial charge is 0.494 e. The molecule has 2 amide bonds. The van der Waals surface area contributed by atoms with Gasteiger partial charge in [-0.3, -0.25) is 19.7 Å². The van der Waals surface area contributed by atoms with E-state index in [1.165, 1.54) is 11.6 Å². The van der Waals surface area contributed by atoms with Crippen molar-refractivity contribution in [2.45, 2.75) is 19.3 Å². The lowest BCUT2D eigenvalue weighted by molar-refractivity contribution is 0.101. The number of rotatable bonds is 10. The van der Waals surface area contributed by atoms with E-state index in [9.17, 15) is 14.4 Å². The van der Waals surface area contributed by atoms with Gasteiger partial charge < -0.3 is 14.5 Å². The summed E-state index contributed by atoms with van der Waals surface area (Å²) < 4.78 is 11.6. The van der Waals surface area contributed by atoms with E-state index in [0.717, 1.165) is 19.3 Å². The van der Waals surface area contributed by atoms with Crippen molar-refractivity contribution in [2.75, 3.05) is 17.2 Å². The Morgan fingerprint density at radius 2 is 1.72 bits per heavy atom. The SMILES string of the molecule is O=C(Nc1cc(=O)c2cccc(NC(=O)c3nn[nH]n3)c2o1)c1ccc(OCCCCc2ccccc2)cc1. The molecule has 39 heavy (non-hydrogen) atoms. The van der Waals surface area contributed by atoms with Gasteiger partial charge in [0, 0.05) is 11.6 Å². The fraction of sp³-hybridized carbons (Fsp3) is 0.143. The van der Waals surface area contributed by atoms with Crippen LogP contribution in [0.2, 0.25) is 0 Å². The van der Waals surface area contributed by atoms with Crippen LogP contribution in [-0.4, -0.2) is 39.0 Å². The molecule has 0 aliphatic carbocycles. The van der Waals surface area contributed by atoms with Crippen LogP contribution in [0.25, 0.3) is 11.0 Å². The number of aromatic amines is 1. The first-order valence-corrected chi connectivity index (χ1v) is 12.3.